The van der Waals surface area contributed by atoms with E-state index < -0.39 is 21.4 Å². The van der Waals surface area contributed by atoms with Crippen molar-refractivity contribution in [3.63, 3.8) is 0 Å². The van der Waals surface area contributed by atoms with Gasteiger partial charge in [-0.3, -0.25) is 4.79 Å². The number of nitrogens with one attached hydrogen (secondary N) is 1. The molecule has 0 aromatic carbocycles. The highest BCUT2D eigenvalue weighted by Crippen LogP contribution is 2.15. The highest BCUT2D eigenvalue weighted by atomic mass is 35.5. The number of thiophene rings is 1. The van der Waals surface area contributed by atoms with Crippen molar-refractivity contribution < 1.29 is 17.9 Å². The maximum Gasteiger partial charge on any atom is 0.325 e. The molecule has 16 heavy (non-hydrogen) atoms. The Balaban J connectivity index is 2.59. The van der Waals surface area contributed by atoms with Crippen LogP contribution in [0.15, 0.2) is 21.7 Å². The molecule has 0 bridgehead atoms. The molecular weight excluding hydrogens is 274 g/mol. The van der Waals surface area contributed by atoms with Crippen LogP contribution < -0.4 is 4.72 Å². The second-order valence-electron chi connectivity index (χ2n) is 2.77. The van der Waals surface area contributed by atoms with E-state index in [0.717, 1.165) is 11.3 Å². The second kappa shape index (κ2) is 5.62. The van der Waals surface area contributed by atoms with Crippen molar-refractivity contribution in [2.75, 3.05) is 13.7 Å². The van der Waals surface area contributed by atoms with E-state index in [2.05, 4.69) is 9.46 Å². The van der Waals surface area contributed by atoms with Gasteiger partial charge in [-0.25, -0.2) is 13.1 Å². The number of esters is 1. The molecule has 0 radical (unpaired) electrons. The average Bonchev–Trinajstić information content (AvgIpc) is 2.78. The standard InChI is InChI=1S/C8H10ClNO4S2/c1-14-8(11)6(9)5-10-16(12,13)7-3-2-4-15-7/h2-4,6,10H,5H2,1H3. The van der Waals surface area contributed by atoms with E-state index in [0.29, 0.717) is 0 Å². The number of hydrogen-bond acceptors (Lipinski definition) is 5. The summed E-state index contributed by atoms with van der Waals surface area (Å²) in [5, 5.41) is 0.618. The number of methoxy groups -OCH3 is 1. The molecule has 0 fully saturated rings. The third kappa shape index (κ3) is 3.44. The minimum atomic E-state index is -3.58. The quantitative estimate of drug-likeness (QED) is 0.641. The molecule has 1 heterocycles. The number of rotatable bonds is 5. The normalized spacial score (nSPS) is 13.4. The van der Waals surface area contributed by atoms with Gasteiger partial charge < -0.3 is 4.74 Å². The first-order valence-electron chi connectivity index (χ1n) is 4.22. The van der Waals surface area contributed by atoms with Gasteiger partial charge in [0.15, 0.2) is 0 Å². The maximum absolute atomic E-state index is 11.6. The van der Waals surface area contributed by atoms with Crippen LogP contribution in [0.25, 0.3) is 0 Å². The highest BCUT2D eigenvalue weighted by Gasteiger charge is 2.21. The Morgan fingerprint density at radius 1 is 1.69 bits per heavy atom. The highest BCUT2D eigenvalue weighted by molar-refractivity contribution is 7.91. The summed E-state index contributed by atoms with van der Waals surface area (Å²) in [4.78, 5) is 10.9. The topological polar surface area (TPSA) is 72.5 Å². The molecule has 0 aliphatic heterocycles. The molecule has 1 rings (SSSR count). The Labute approximate surface area is 102 Å². The average molecular weight is 284 g/mol. The van der Waals surface area contributed by atoms with Gasteiger partial charge in [-0.2, -0.15) is 0 Å². The fraction of sp³-hybridized carbons (Fsp3) is 0.375. The van der Waals surface area contributed by atoms with E-state index in [9.17, 15) is 13.2 Å². The summed E-state index contributed by atoms with van der Waals surface area (Å²) in [7, 11) is -2.39. The fourth-order valence-electron chi connectivity index (χ4n) is 0.882. The van der Waals surface area contributed by atoms with Gasteiger partial charge in [-0.15, -0.1) is 22.9 Å². The predicted molar refractivity (Wildman–Crippen MR) is 61.2 cm³/mol. The lowest BCUT2D eigenvalue weighted by molar-refractivity contribution is -0.140. The summed E-state index contributed by atoms with van der Waals surface area (Å²) in [5.74, 6) is -0.671. The van der Waals surface area contributed by atoms with Gasteiger partial charge in [0.1, 0.15) is 9.59 Å². The van der Waals surface area contributed by atoms with Crippen LogP contribution in [0.3, 0.4) is 0 Å². The van der Waals surface area contributed by atoms with Gasteiger partial charge in [-0.05, 0) is 11.4 Å². The molecule has 1 N–H and O–H groups in total. The fourth-order valence-corrected chi connectivity index (χ4v) is 3.22. The van der Waals surface area contributed by atoms with Gasteiger partial charge in [-0.1, -0.05) is 6.07 Å². The second-order valence-corrected chi connectivity index (χ2v) is 6.24. The van der Waals surface area contributed by atoms with Gasteiger partial charge in [0.25, 0.3) is 0 Å². The first-order chi connectivity index (χ1) is 7.47. The summed E-state index contributed by atoms with van der Waals surface area (Å²) in [6.45, 7) is -0.200. The summed E-state index contributed by atoms with van der Waals surface area (Å²) < 4.78 is 30.0. The van der Waals surface area contributed by atoms with Crippen LogP contribution in [0, 0.1) is 0 Å². The third-order valence-corrected chi connectivity index (χ3v) is 4.82. The summed E-state index contributed by atoms with van der Waals surface area (Å²) in [5.41, 5.74) is 0. The zero-order valence-electron chi connectivity index (χ0n) is 8.34. The Morgan fingerprint density at radius 2 is 2.38 bits per heavy atom. The van der Waals surface area contributed by atoms with E-state index in [1.165, 1.54) is 13.2 Å². The molecule has 0 spiro atoms. The Morgan fingerprint density at radius 3 is 2.88 bits per heavy atom. The number of ether oxygens (including phenoxy) is 1. The van der Waals surface area contributed by atoms with E-state index in [1.807, 2.05) is 0 Å². The number of halogens is 1. The Bertz CT molecular complexity index is 443. The van der Waals surface area contributed by atoms with E-state index >= 15 is 0 Å². The third-order valence-electron chi connectivity index (χ3n) is 1.67. The monoisotopic (exact) mass is 283 g/mol. The van der Waals surface area contributed by atoms with Crippen molar-refractivity contribution in [3.8, 4) is 0 Å². The van der Waals surface area contributed by atoms with E-state index in [-0.39, 0.29) is 10.8 Å². The molecule has 0 aliphatic carbocycles. The zero-order chi connectivity index (χ0) is 12.2. The molecule has 8 heteroatoms. The SMILES string of the molecule is COC(=O)C(Cl)CNS(=O)(=O)c1cccs1. The first kappa shape index (κ1) is 13.4. The van der Waals surface area contributed by atoms with Crippen LogP contribution in [0.2, 0.25) is 0 Å². The number of sulfonamides is 1. The van der Waals surface area contributed by atoms with Crippen LogP contribution in [-0.2, 0) is 19.6 Å². The van der Waals surface area contributed by atoms with Crippen LogP contribution in [0.5, 0.6) is 0 Å². The maximum atomic E-state index is 11.6. The van der Waals surface area contributed by atoms with E-state index in [1.54, 1.807) is 11.4 Å². The molecule has 1 unspecified atom stereocenters. The lowest BCUT2D eigenvalue weighted by Gasteiger charge is -2.08. The van der Waals surface area contributed by atoms with Crippen molar-refractivity contribution in [1.82, 2.24) is 4.72 Å². The minimum Gasteiger partial charge on any atom is -0.468 e. The number of alkyl halides is 1. The molecule has 0 amide bonds. The molecule has 90 valence electrons. The minimum absolute atomic E-state index is 0.182. The van der Waals surface area contributed by atoms with Crippen molar-refractivity contribution in [2.24, 2.45) is 0 Å². The molecule has 0 saturated carbocycles. The van der Waals surface area contributed by atoms with Gasteiger partial charge >= 0.3 is 5.97 Å². The summed E-state index contributed by atoms with van der Waals surface area (Å²) >= 11 is 6.69. The van der Waals surface area contributed by atoms with Crippen molar-refractivity contribution in [2.45, 2.75) is 9.59 Å². The lowest BCUT2D eigenvalue weighted by atomic mass is 10.4. The Hall–Kier alpha value is -0.630. The predicted octanol–water partition coefficient (Wildman–Crippen LogP) is 0.807. The lowest BCUT2D eigenvalue weighted by Crippen LogP contribution is -2.33. The number of carbonyl (C=O) groups excluding carboxylic acids is 1. The molecule has 1 atom stereocenters. The molecule has 5 nitrogen and oxygen atoms in total. The first-order valence-corrected chi connectivity index (χ1v) is 7.02. The van der Waals surface area contributed by atoms with Crippen LogP contribution in [0.4, 0.5) is 0 Å². The van der Waals surface area contributed by atoms with Gasteiger partial charge in [0, 0.05) is 6.54 Å². The Kier molecular flexibility index (Phi) is 4.72. The van der Waals surface area contributed by atoms with Crippen LogP contribution in [-0.4, -0.2) is 33.4 Å². The van der Waals surface area contributed by atoms with Crippen molar-refractivity contribution in [3.05, 3.63) is 17.5 Å². The molecule has 1 aromatic rings. The molecular formula is C8H10ClNO4S2. The summed E-state index contributed by atoms with van der Waals surface area (Å²) in [6.07, 6.45) is 0. The largest absolute Gasteiger partial charge is 0.468 e. The van der Waals surface area contributed by atoms with Crippen molar-refractivity contribution >= 4 is 38.9 Å². The zero-order valence-corrected chi connectivity index (χ0v) is 10.7. The number of hydrogen-bond donors (Lipinski definition) is 1. The summed E-state index contributed by atoms with van der Waals surface area (Å²) in [6, 6.07) is 3.09. The molecule has 0 aliphatic rings. The smallest absolute Gasteiger partial charge is 0.325 e. The number of carbonyl (C=O) groups is 1. The van der Waals surface area contributed by atoms with Crippen LogP contribution >= 0.6 is 22.9 Å². The van der Waals surface area contributed by atoms with E-state index in [4.69, 9.17) is 11.6 Å². The van der Waals surface area contributed by atoms with Crippen LogP contribution in [0.1, 0.15) is 0 Å². The van der Waals surface area contributed by atoms with Crippen molar-refractivity contribution in [1.29, 1.82) is 0 Å². The molecule has 0 saturated heterocycles. The molecule has 1 aromatic heterocycles. The van der Waals surface area contributed by atoms with Gasteiger partial charge in [0.05, 0.1) is 7.11 Å². The van der Waals surface area contributed by atoms with Gasteiger partial charge in [0.2, 0.25) is 10.0 Å².